The highest BCUT2D eigenvalue weighted by Crippen LogP contribution is 2.42. The van der Waals surface area contributed by atoms with Crippen molar-refractivity contribution in [3.63, 3.8) is 0 Å². The highest BCUT2D eigenvalue weighted by atomic mass is 32.2. The second-order valence-corrected chi connectivity index (χ2v) is 9.18. The normalized spacial score (nSPS) is 19.0. The Morgan fingerprint density at radius 2 is 1.50 bits per heavy atom. The second kappa shape index (κ2) is 7.24. The largest absolute Gasteiger partial charge is 0.425 e. The van der Waals surface area contributed by atoms with Crippen molar-refractivity contribution in [1.29, 1.82) is 0 Å². The molecule has 4 rings (SSSR count). The van der Waals surface area contributed by atoms with Crippen LogP contribution in [0.5, 0.6) is 5.75 Å². The van der Waals surface area contributed by atoms with Gasteiger partial charge in [0.15, 0.2) is 15.1 Å². The number of carbonyl (C=O) groups is 1. The van der Waals surface area contributed by atoms with Gasteiger partial charge in [0.25, 0.3) is 0 Å². The summed E-state index contributed by atoms with van der Waals surface area (Å²) in [5.41, 5.74) is 3.22. The minimum atomic E-state index is -3.81. The van der Waals surface area contributed by atoms with Crippen molar-refractivity contribution in [2.45, 2.75) is 23.8 Å². The number of hydrogen-bond acceptors (Lipinski definition) is 4. The van der Waals surface area contributed by atoms with Gasteiger partial charge >= 0.3 is 5.97 Å². The van der Waals surface area contributed by atoms with E-state index in [4.69, 9.17) is 4.74 Å². The predicted molar refractivity (Wildman–Crippen MR) is 108 cm³/mol. The van der Waals surface area contributed by atoms with Crippen LogP contribution < -0.4 is 4.74 Å². The van der Waals surface area contributed by atoms with Gasteiger partial charge in [0.1, 0.15) is 5.75 Å². The summed E-state index contributed by atoms with van der Waals surface area (Å²) in [6.07, 6.45) is 0. The van der Waals surface area contributed by atoms with Crippen LogP contribution in [-0.4, -0.2) is 19.6 Å². The Balaban J connectivity index is 1.84. The van der Waals surface area contributed by atoms with Crippen LogP contribution >= 0.6 is 0 Å². The molecule has 0 radical (unpaired) electrons. The van der Waals surface area contributed by atoms with E-state index < -0.39 is 27.0 Å². The lowest BCUT2D eigenvalue weighted by molar-refractivity contribution is -0.135. The van der Waals surface area contributed by atoms with E-state index in [-0.39, 0.29) is 5.75 Å². The summed E-state index contributed by atoms with van der Waals surface area (Å²) in [4.78, 5) is 12.8. The van der Waals surface area contributed by atoms with Crippen LogP contribution in [0.2, 0.25) is 0 Å². The molecule has 1 heterocycles. The van der Waals surface area contributed by atoms with Gasteiger partial charge in [0.05, 0.1) is 5.75 Å². The minimum Gasteiger partial charge on any atom is -0.425 e. The van der Waals surface area contributed by atoms with Crippen LogP contribution in [0.15, 0.2) is 78.9 Å². The molecule has 0 spiro atoms. The first-order valence-corrected chi connectivity index (χ1v) is 10.8. The molecule has 3 aromatic rings. The summed E-state index contributed by atoms with van der Waals surface area (Å²) in [6, 6.07) is 23.7. The van der Waals surface area contributed by atoms with Crippen molar-refractivity contribution in [2.24, 2.45) is 0 Å². The molecule has 0 N–H and O–H groups in total. The van der Waals surface area contributed by atoms with Gasteiger partial charge in [-0.2, -0.15) is 0 Å². The van der Waals surface area contributed by atoms with Gasteiger partial charge in [-0.25, -0.2) is 8.42 Å². The third-order valence-electron chi connectivity index (χ3n) is 5.03. The highest BCUT2D eigenvalue weighted by Gasteiger charge is 2.46. The van der Waals surface area contributed by atoms with Crippen molar-refractivity contribution in [2.75, 3.05) is 0 Å². The van der Waals surface area contributed by atoms with E-state index in [2.05, 4.69) is 0 Å². The zero-order chi connectivity index (χ0) is 19.7. The summed E-state index contributed by atoms with van der Waals surface area (Å²) in [7, 11) is -3.81. The summed E-state index contributed by atoms with van der Waals surface area (Å²) >= 11 is 0. The maximum absolute atomic E-state index is 13.3. The number of hydrogen-bond donors (Lipinski definition) is 0. The Hall–Kier alpha value is -2.92. The van der Waals surface area contributed by atoms with E-state index in [1.54, 1.807) is 36.4 Å². The molecule has 0 amide bonds. The molecule has 0 saturated carbocycles. The number of rotatable bonds is 4. The molecule has 2 unspecified atom stereocenters. The van der Waals surface area contributed by atoms with E-state index >= 15 is 0 Å². The molecular weight excluding hydrogens is 372 g/mol. The van der Waals surface area contributed by atoms with Crippen LogP contribution in [0.25, 0.3) is 0 Å². The lowest BCUT2D eigenvalue weighted by Gasteiger charge is -2.32. The van der Waals surface area contributed by atoms with E-state index in [0.29, 0.717) is 16.9 Å². The molecule has 5 heteroatoms. The molecule has 0 aliphatic carbocycles. The van der Waals surface area contributed by atoms with Crippen molar-refractivity contribution >= 4 is 15.8 Å². The van der Waals surface area contributed by atoms with Gasteiger partial charge in [0.2, 0.25) is 0 Å². The van der Waals surface area contributed by atoms with E-state index in [9.17, 15) is 13.2 Å². The summed E-state index contributed by atoms with van der Waals surface area (Å²) in [6.45, 7) is 1.97. The summed E-state index contributed by atoms with van der Waals surface area (Å²) in [5.74, 6) is -1.12. The first-order valence-electron chi connectivity index (χ1n) is 9.08. The predicted octanol–water partition coefficient (Wildman–Crippen LogP) is 4.03. The average molecular weight is 392 g/mol. The van der Waals surface area contributed by atoms with Crippen LogP contribution in [0, 0.1) is 6.92 Å². The first kappa shape index (κ1) is 18.4. The quantitative estimate of drug-likeness (QED) is 0.497. The van der Waals surface area contributed by atoms with E-state index in [1.165, 1.54) is 0 Å². The number of benzene rings is 3. The van der Waals surface area contributed by atoms with Crippen molar-refractivity contribution in [3.8, 4) is 5.75 Å². The molecule has 1 aliphatic rings. The SMILES string of the molecule is Cc1ccc(C2c3ccccc3OC(=O)C2S(=O)(=O)Cc2ccccc2)cc1. The molecule has 28 heavy (non-hydrogen) atoms. The number of ether oxygens (including phenoxy) is 1. The zero-order valence-corrected chi connectivity index (χ0v) is 16.2. The highest BCUT2D eigenvalue weighted by molar-refractivity contribution is 7.92. The first-order chi connectivity index (χ1) is 13.5. The molecule has 2 atom stereocenters. The van der Waals surface area contributed by atoms with Crippen LogP contribution in [0.4, 0.5) is 0 Å². The van der Waals surface area contributed by atoms with Gasteiger partial charge in [-0.15, -0.1) is 0 Å². The molecule has 4 nitrogen and oxygen atoms in total. The third-order valence-corrected chi connectivity index (χ3v) is 7.01. The third kappa shape index (κ3) is 3.45. The number of aryl methyl sites for hydroxylation is 1. The van der Waals surface area contributed by atoms with E-state index in [0.717, 1.165) is 11.1 Å². The monoisotopic (exact) mass is 392 g/mol. The van der Waals surface area contributed by atoms with Gasteiger partial charge < -0.3 is 4.74 Å². The number of esters is 1. The van der Waals surface area contributed by atoms with Crippen molar-refractivity contribution in [3.05, 3.63) is 101 Å². The topological polar surface area (TPSA) is 60.4 Å². The number of fused-ring (bicyclic) bond motifs is 1. The summed E-state index contributed by atoms with van der Waals surface area (Å²) < 4.78 is 32.1. The number of carbonyl (C=O) groups excluding carboxylic acids is 1. The Morgan fingerprint density at radius 3 is 2.21 bits per heavy atom. The van der Waals surface area contributed by atoms with Crippen LogP contribution in [-0.2, 0) is 20.4 Å². The molecule has 3 aromatic carbocycles. The standard InChI is InChI=1S/C23H20O4S/c1-16-11-13-18(14-12-16)21-19-9-5-6-10-20(19)27-23(24)22(21)28(25,26)15-17-7-3-2-4-8-17/h2-14,21-22H,15H2,1H3. The fraction of sp³-hybridized carbons (Fsp3) is 0.174. The molecule has 1 aliphatic heterocycles. The van der Waals surface area contributed by atoms with Crippen molar-refractivity contribution < 1.29 is 17.9 Å². The smallest absolute Gasteiger partial charge is 0.330 e. The molecule has 0 bridgehead atoms. The molecular formula is C23H20O4S. The van der Waals surface area contributed by atoms with Crippen molar-refractivity contribution in [1.82, 2.24) is 0 Å². The Bertz CT molecular complexity index is 1100. The lowest BCUT2D eigenvalue weighted by Crippen LogP contribution is -2.43. The number of sulfone groups is 1. The van der Waals surface area contributed by atoms with E-state index in [1.807, 2.05) is 49.4 Å². The maximum Gasteiger partial charge on any atom is 0.330 e. The summed E-state index contributed by atoms with van der Waals surface area (Å²) in [5, 5.41) is -1.29. The van der Waals surface area contributed by atoms with Gasteiger partial charge in [0, 0.05) is 11.5 Å². The average Bonchev–Trinajstić information content (AvgIpc) is 2.68. The van der Waals surface area contributed by atoms with Gasteiger partial charge in [-0.3, -0.25) is 4.79 Å². The fourth-order valence-electron chi connectivity index (χ4n) is 3.67. The fourth-order valence-corrected chi connectivity index (χ4v) is 5.57. The van der Waals surface area contributed by atoms with Gasteiger partial charge in [-0.05, 0) is 24.1 Å². The Labute approximate surface area is 164 Å². The second-order valence-electron chi connectivity index (χ2n) is 7.06. The number of para-hydroxylation sites is 1. The molecule has 0 saturated heterocycles. The van der Waals surface area contributed by atoms with Gasteiger partial charge in [-0.1, -0.05) is 78.4 Å². The lowest BCUT2D eigenvalue weighted by atomic mass is 9.86. The Kier molecular flexibility index (Phi) is 4.77. The molecule has 0 fully saturated rings. The van der Waals surface area contributed by atoms with Crippen LogP contribution in [0.3, 0.4) is 0 Å². The Morgan fingerprint density at radius 1 is 0.857 bits per heavy atom. The van der Waals surface area contributed by atoms with Crippen LogP contribution in [0.1, 0.15) is 28.2 Å². The molecule has 142 valence electrons. The molecule has 0 aromatic heterocycles. The maximum atomic E-state index is 13.3. The zero-order valence-electron chi connectivity index (χ0n) is 15.4. The minimum absolute atomic E-state index is 0.210.